The van der Waals surface area contributed by atoms with Gasteiger partial charge in [0.25, 0.3) is 0 Å². The molecule has 1 amide bonds. The maximum absolute atomic E-state index is 10.8. The zero-order chi connectivity index (χ0) is 12.9. The summed E-state index contributed by atoms with van der Waals surface area (Å²) in [5.41, 5.74) is 4.71. The Morgan fingerprint density at radius 3 is 2.59 bits per heavy atom. The first-order valence-corrected chi connectivity index (χ1v) is 6.10. The second-order valence-electron chi connectivity index (χ2n) is 5.08. The molecule has 1 saturated heterocycles. The number of amides is 1. The summed E-state index contributed by atoms with van der Waals surface area (Å²) in [6, 6.07) is 2.29. The molecule has 1 rings (SSSR count). The number of primary amides is 1. The van der Waals surface area contributed by atoms with Gasteiger partial charge in [-0.15, -0.1) is 0 Å². The van der Waals surface area contributed by atoms with Crippen molar-refractivity contribution in [1.29, 1.82) is 5.26 Å². The number of piperidine rings is 1. The molecule has 3 N–H and O–H groups in total. The normalized spacial score (nSPS) is 21.7. The lowest BCUT2D eigenvalue weighted by Gasteiger charge is -2.35. The molecule has 96 valence electrons. The number of hydrogen-bond acceptors (Lipinski definition) is 4. The molecule has 1 heterocycles. The van der Waals surface area contributed by atoms with Crippen molar-refractivity contribution >= 4 is 5.91 Å². The van der Waals surface area contributed by atoms with Gasteiger partial charge in [-0.2, -0.15) is 5.26 Å². The number of nitrogens with two attached hydrogens (primary N) is 1. The predicted octanol–water partition coefficient (Wildman–Crippen LogP) is 0.0755. The van der Waals surface area contributed by atoms with E-state index in [1.807, 2.05) is 14.0 Å². The molecule has 0 radical (unpaired) electrons. The Morgan fingerprint density at radius 1 is 1.59 bits per heavy atom. The molecule has 1 fully saturated rings. The van der Waals surface area contributed by atoms with Gasteiger partial charge in [0.15, 0.2) is 0 Å². The summed E-state index contributed by atoms with van der Waals surface area (Å²) in [5.74, 6) is 0.215. The van der Waals surface area contributed by atoms with Crippen LogP contribution in [-0.2, 0) is 4.79 Å². The lowest BCUT2D eigenvalue weighted by Crippen LogP contribution is -2.50. The average molecular weight is 238 g/mol. The van der Waals surface area contributed by atoms with Crippen LogP contribution < -0.4 is 11.1 Å². The van der Waals surface area contributed by atoms with E-state index in [1.54, 1.807) is 0 Å². The fourth-order valence-corrected chi connectivity index (χ4v) is 2.25. The van der Waals surface area contributed by atoms with Gasteiger partial charge in [0, 0.05) is 13.0 Å². The first-order valence-electron chi connectivity index (χ1n) is 6.10. The van der Waals surface area contributed by atoms with Crippen LogP contribution in [0.25, 0.3) is 0 Å². The Kier molecular flexibility index (Phi) is 4.91. The predicted molar refractivity (Wildman–Crippen MR) is 66.1 cm³/mol. The molecular weight excluding hydrogens is 216 g/mol. The first-order chi connectivity index (χ1) is 7.99. The Bertz CT molecular complexity index is 304. The third kappa shape index (κ3) is 4.33. The van der Waals surface area contributed by atoms with Gasteiger partial charge in [-0.25, -0.2) is 0 Å². The number of likely N-dealkylation sites (N-methyl/N-ethyl adjacent to an activating group) is 1. The summed E-state index contributed by atoms with van der Waals surface area (Å²) in [6.07, 6.45) is 2.48. The van der Waals surface area contributed by atoms with Crippen molar-refractivity contribution in [2.75, 3.05) is 26.7 Å². The summed E-state index contributed by atoms with van der Waals surface area (Å²) in [7, 11) is 1.81. The van der Waals surface area contributed by atoms with Crippen LogP contribution in [-0.4, -0.2) is 43.0 Å². The van der Waals surface area contributed by atoms with Crippen LogP contribution >= 0.6 is 0 Å². The molecule has 0 saturated carbocycles. The third-order valence-corrected chi connectivity index (χ3v) is 3.54. The quantitative estimate of drug-likeness (QED) is 0.710. The fraction of sp³-hybridized carbons (Fsp3) is 0.833. The highest BCUT2D eigenvalue weighted by Crippen LogP contribution is 2.21. The van der Waals surface area contributed by atoms with Crippen molar-refractivity contribution in [3.63, 3.8) is 0 Å². The van der Waals surface area contributed by atoms with E-state index in [4.69, 9.17) is 11.0 Å². The number of nitriles is 1. The number of nitrogens with one attached hydrogen (secondary N) is 1. The Hall–Kier alpha value is -1.12. The molecule has 1 atom stereocenters. The van der Waals surface area contributed by atoms with E-state index < -0.39 is 5.54 Å². The van der Waals surface area contributed by atoms with Gasteiger partial charge < -0.3 is 16.0 Å². The summed E-state index contributed by atoms with van der Waals surface area (Å²) in [4.78, 5) is 13.1. The Balaban J connectivity index is 2.37. The molecule has 5 nitrogen and oxygen atoms in total. The smallest absolute Gasteiger partial charge is 0.217 e. The number of nitrogens with zero attached hydrogens (tertiary/aromatic N) is 2. The fourth-order valence-electron chi connectivity index (χ4n) is 2.25. The van der Waals surface area contributed by atoms with Crippen molar-refractivity contribution < 1.29 is 4.79 Å². The number of likely N-dealkylation sites (tertiary alicyclic amines) is 1. The third-order valence-electron chi connectivity index (χ3n) is 3.54. The van der Waals surface area contributed by atoms with Crippen LogP contribution in [0.2, 0.25) is 0 Å². The molecule has 5 heteroatoms. The van der Waals surface area contributed by atoms with E-state index in [9.17, 15) is 4.79 Å². The minimum Gasteiger partial charge on any atom is -0.370 e. The molecule has 0 bridgehead atoms. The van der Waals surface area contributed by atoms with Gasteiger partial charge >= 0.3 is 0 Å². The van der Waals surface area contributed by atoms with Crippen LogP contribution in [0.5, 0.6) is 0 Å². The zero-order valence-electron chi connectivity index (χ0n) is 10.7. The van der Waals surface area contributed by atoms with Gasteiger partial charge in [-0.1, -0.05) is 0 Å². The molecule has 1 aliphatic rings. The summed E-state index contributed by atoms with van der Waals surface area (Å²) in [6.45, 7) is 4.51. The highest BCUT2D eigenvalue weighted by molar-refractivity contribution is 5.73. The summed E-state index contributed by atoms with van der Waals surface area (Å²) >= 11 is 0. The standard InChI is InChI=1S/C12H22N4O/c1-12(8-13,15-2)9-16-5-3-10(4-6-16)7-11(14)17/h10,15H,3-7,9H2,1-2H3,(H2,14,17). The SMILES string of the molecule is CNC(C)(C#N)CN1CCC(CC(N)=O)CC1. The zero-order valence-corrected chi connectivity index (χ0v) is 10.7. The summed E-state index contributed by atoms with van der Waals surface area (Å²) < 4.78 is 0. The van der Waals surface area contributed by atoms with E-state index in [2.05, 4.69) is 16.3 Å². The maximum Gasteiger partial charge on any atom is 0.217 e. The average Bonchev–Trinajstić information content (AvgIpc) is 2.31. The van der Waals surface area contributed by atoms with Crippen molar-refractivity contribution in [2.45, 2.75) is 31.7 Å². The van der Waals surface area contributed by atoms with Gasteiger partial charge in [0.05, 0.1) is 6.07 Å². The lowest BCUT2D eigenvalue weighted by atomic mass is 9.92. The molecule has 0 spiro atoms. The van der Waals surface area contributed by atoms with Crippen molar-refractivity contribution in [3.8, 4) is 6.07 Å². The number of carbonyl (C=O) groups is 1. The van der Waals surface area contributed by atoms with Crippen molar-refractivity contribution in [1.82, 2.24) is 10.2 Å². The second-order valence-corrected chi connectivity index (χ2v) is 5.08. The molecule has 0 aromatic heterocycles. The number of rotatable bonds is 5. The highest BCUT2D eigenvalue weighted by Gasteiger charge is 2.28. The van der Waals surface area contributed by atoms with E-state index in [-0.39, 0.29) is 5.91 Å². The van der Waals surface area contributed by atoms with Crippen LogP contribution in [0.1, 0.15) is 26.2 Å². The Labute approximate surface area is 103 Å². The maximum atomic E-state index is 10.8. The number of hydrogen-bond donors (Lipinski definition) is 2. The van der Waals surface area contributed by atoms with Crippen LogP contribution in [0, 0.1) is 17.2 Å². The monoisotopic (exact) mass is 238 g/mol. The molecule has 1 aliphatic heterocycles. The molecule has 1 unspecified atom stereocenters. The first kappa shape index (κ1) is 13.9. The lowest BCUT2D eigenvalue weighted by molar-refractivity contribution is -0.119. The molecule has 17 heavy (non-hydrogen) atoms. The van der Waals surface area contributed by atoms with Crippen molar-refractivity contribution in [2.24, 2.45) is 11.7 Å². The second kappa shape index (κ2) is 5.99. The summed E-state index contributed by atoms with van der Waals surface area (Å²) in [5, 5.41) is 12.1. The van der Waals surface area contributed by atoms with Gasteiger partial charge in [0.1, 0.15) is 5.54 Å². The van der Waals surface area contributed by atoms with Crippen LogP contribution in [0.15, 0.2) is 0 Å². The van der Waals surface area contributed by atoms with E-state index in [0.29, 0.717) is 12.3 Å². The molecule has 0 aromatic carbocycles. The van der Waals surface area contributed by atoms with Crippen LogP contribution in [0.4, 0.5) is 0 Å². The minimum atomic E-state index is -0.490. The van der Waals surface area contributed by atoms with Crippen LogP contribution in [0.3, 0.4) is 0 Å². The largest absolute Gasteiger partial charge is 0.370 e. The number of carbonyl (C=O) groups excluding carboxylic acids is 1. The Morgan fingerprint density at radius 2 is 2.18 bits per heavy atom. The van der Waals surface area contributed by atoms with Crippen molar-refractivity contribution in [3.05, 3.63) is 0 Å². The van der Waals surface area contributed by atoms with Gasteiger partial charge in [-0.3, -0.25) is 4.79 Å². The molecule has 0 aliphatic carbocycles. The minimum absolute atomic E-state index is 0.208. The molecule has 0 aromatic rings. The highest BCUT2D eigenvalue weighted by atomic mass is 16.1. The van der Waals surface area contributed by atoms with Gasteiger partial charge in [0.2, 0.25) is 5.91 Å². The molecular formula is C12H22N4O. The van der Waals surface area contributed by atoms with E-state index >= 15 is 0 Å². The van der Waals surface area contributed by atoms with E-state index in [0.717, 1.165) is 32.5 Å². The van der Waals surface area contributed by atoms with E-state index in [1.165, 1.54) is 0 Å². The van der Waals surface area contributed by atoms with Gasteiger partial charge in [-0.05, 0) is 45.8 Å². The topological polar surface area (TPSA) is 82.2 Å².